The first-order valence-corrected chi connectivity index (χ1v) is 4.60. The van der Waals surface area contributed by atoms with Crippen LogP contribution in [0.4, 0.5) is 15.8 Å². The van der Waals surface area contributed by atoms with E-state index in [2.05, 4.69) is 10.3 Å². The Morgan fingerprint density at radius 1 is 1.25 bits per heavy atom. The zero-order chi connectivity index (χ0) is 11.5. The molecule has 0 saturated heterocycles. The summed E-state index contributed by atoms with van der Waals surface area (Å²) in [4.78, 5) is 13.4. The maximum atomic E-state index is 12.6. The molecule has 5 heteroatoms. The van der Waals surface area contributed by atoms with Crippen LogP contribution in [0.5, 0.6) is 0 Å². The van der Waals surface area contributed by atoms with Gasteiger partial charge in [-0.05, 0) is 30.3 Å². The van der Waals surface area contributed by atoms with Gasteiger partial charge in [-0.2, -0.15) is 0 Å². The van der Waals surface area contributed by atoms with Crippen molar-refractivity contribution >= 4 is 17.3 Å². The van der Waals surface area contributed by atoms with Crippen LogP contribution in [0.1, 0.15) is 10.5 Å². The zero-order valence-electron chi connectivity index (χ0n) is 8.20. The molecule has 0 amide bonds. The number of carbonyl (C=O) groups is 1. The van der Waals surface area contributed by atoms with Gasteiger partial charge >= 0.3 is 5.97 Å². The third-order valence-corrected chi connectivity index (χ3v) is 2.08. The molecule has 0 radical (unpaired) electrons. The summed E-state index contributed by atoms with van der Waals surface area (Å²) in [6.07, 6.45) is 1.52. The second-order valence-electron chi connectivity index (χ2n) is 3.20. The lowest BCUT2D eigenvalue weighted by molar-refractivity contribution is 0.0692. The minimum atomic E-state index is -1.05. The zero-order valence-corrected chi connectivity index (χ0v) is 8.20. The number of halogens is 1. The molecule has 3 N–H and O–H groups in total. The van der Waals surface area contributed by atoms with E-state index in [-0.39, 0.29) is 11.5 Å². The van der Waals surface area contributed by atoms with E-state index in [1.165, 1.54) is 30.5 Å². The number of hydrogen-bond acceptors (Lipinski definition) is 2. The Kier molecular flexibility index (Phi) is 2.59. The Morgan fingerprint density at radius 2 is 1.94 bits per heavy atom. The van der Waals surface area contributed by atoms with E-state index in [0.29, 0.717) is 11.4 Å². The van der Waals surface area contributed by atoms with E-state index >= 15 is 0 Å². The van der Waals surface area contributed by atoms with Crippen molar-refractivity contribution in [2.75, 3.05) is 5.32 Å². The molecule has 0 aliphatic heterocycles. The van der Waals surface area contributed by atoms with Crippen molar-refractivity contribution in [3.05, 3.63) is 48.0 Å². The van der Waals surface area contributed by atoms with Gasteiger partial charge in [-0.1, -0.05) is 0 Å². The fourth-order valence-corrected chi connectivity index (χ4v) is 1.34. The highest BCUT2D eigenvalue weighted by Crippen LogP contribution is 2.20. The normalized spacial score (nSPS) is 10.1. The Labute approximate surface area is 90.7 Å². The lowest BCUT2D eigenvalue weighted by atomic mass is 10.3. The van der Waals surface area contributed by atoms with Crippen molar-refractivity contribution in [1.29, 1.82) is 0 Å². The van der Waals surface area contributed by atoms with E-state index < -0.39 is 5.97 Å². The third-order valence-electron chi connectivity index (χ3n) is 2.08. The number of aromatic nitrogens is 1. The smallest absolute Gasteiger partial charge is 0.354 e. The summed E-state index contributed by atoms with van der Waals surface area (Å²) in [6, 6.07) is 7.28. The lowest BCUT2D eigenvalue weighted by Gasteiger charge is -2.04. The number of anilines is 2. The number of nitrogens with one attached hydrogen (secondary N) is 2. The van der Waals surface area contributed by atoms with Crippen LogP contribution in [0.2, 0.25) is 0 Å². The van der Waals surface area contributed by atoms with Gasteiger partial charge in [-0.3, -0.25) is 0 Å². The SMILES string of the molecule is O=C(O)c1[nH]ccc1Nc1ccc(F)cc1. The summed E-state index contributed by atoms with van der Waals surface area (Å²) in [5, 5.41) is 11.7. The maximum absolute atomic E-state index is 12.6. The number of rotatable bonds is 3. The van der Waals surface area contributed by atoms with E-state index in [0.717, 1.165) is 0 Å². The summed E-state index contributed by atoms with van der Waals surface area (Å²) < 4.78 is 12.6. The van der Waals surface area contributed by atoms with Crippen molar-refractivity contribution in [3.63, 3.8) is 0 Å². The minimum Gasteiger partial charge on any atom is -0.477 e. The van der Waals surface area contributed by atoms with Crippen molar-refractivity contribution in [2.45, 2.75) is 0 Å². The van der Waals surface area contributed by atoms with Gasteiger partial charge in [0.05, 0.1) is 5.69 Å². The van der Waals surface area contributed by atoms with E-state index in [4.69, 9.17) is 5.11 Å². The first-order valence-electron chi connectivity index (χ1n) is 4.60. The van der Waals surface area contributed by atoms with Crippen molar-refractivity contribution in [2.24, 2.45) is 0 Å². The van der Waals surface area contributed by atoms with Gasteiger partial charge in [0.1, 0.15) is 11.5 Å². The molecule has 0 bridgehead atoms. The molecule has 1 aromatic heterocycles. The van der Waals surface area contributed by atoms with Crippen LogP contribution in [0.3, 0.4) is 0 Å². The average Bonchev–Trinajstić information content (AvgIpc) is 2.69. The van der Waals surface area contributed by atoms with Crippen LogP contribution in [0.25, 0.3) is 0 Å². The van der Waals surface area contributed by atoms with Crippen LogP contribution >= 0.6 is 0 Å². The fraction of sp³-hybridized carbons (Fsp3) is 0. The Bertz CT molecular complexity index is 505. The maximum Gasteiger partial charge on any atom is 0.354 e. The van der Waals surface area contributed by atoms with Crippen molar-refractivity contribution in [3.8, 4) is 0 Å². The van der Waals surface area contributed by atoms with Crippen molar-refractivity contribution < 1.29 is 14.3 Å². The third kappa shape index (κ3) is 2.03. The molecule has 4 nitrogen and oxygen atoms in total. The standard InChI is InChI=1S/C11H9FN2O2/c12-7-1-3-8(4-2-7)14-9-5-6-13-10(9)11(15)16/h1-6,13-14H,(H,15,16). The highest BCUT2D eigenvalue weighted by Gasteiger charge is 2.10. The minimum absolute atomic E-state index is 0.0734. The number of aromatic carboxylic acids is 1. The van der Waals surface area contributed by atoms with Crippen LogP contribution in [-0.4, -0.2) is 16.1 Å². The molecule has 2 aromatic rings. The van der Waals surface area contributed by atoms with Crippen LogP contribution in [0, 0.1) is 5.82 Å². The van der Waals surface area contributed by atoms with E-state index in [9.17, 15) is 9.18 Å². The van der Waals surface area contributed by atoms with Gasteiger partial charge in [-0.25, -0.2) is 9.18 Å². The number of hydrogen-bond donors (Lipinski definition) is 3. The summed E-state index contributed by atoms with van der Waals surface area (Å²) in [5.41, 5.74) is 1.15. The van der Waals surface area contributed by atoms with Gasteiger partial charge in [0.2, 0.25) is 0 Å². The molecule has 1 heterocycles. The van der Waals surface area contributed by atoms with Gasteiger partial charge < -0.3 is 15.4 Å². The van der Waals surface area contributed by atoms with E-state index in [1.807, 2.05) is 0 Å². The number of aromatic amines is 1. The lowest BCUT2D eigenvalue weighted by Crippen LogP contribution is -2.01. The largest absolute Gasteiger partial charge is 0.477 e. The molecule has 0 aliphatic rings. The molecule has 0 unspecified atom stereocenters. The van der Waals surface area contributed by atoms with Gasteiger partial charge in [0.15, 0.2) is 0 Å². The highest BCUT2D eigenvalue weighted by atomic mass is 19.1. The molecular formula is C11H9FN2O2. The summed E-state index contributed by atoms with van der Waals surface area (Å²) >= 11 is 0. The number of carboxylic acids is 1. The number of H-pyrrole nitrogens is 1. The monoisotopic (exact) mass is 220 g/mol. The molecule has 0 fully saturated rings. The molecule has 82 valence electrons. The predicted octanol–water partition coefficient (Wildman–Crippen LogP) is 2.60. The molecule has 0 aliphatic carbocycles. The second-order valence-corrected chi connectivity index (χ2v) is 3.20. The van der Waals surface area contributed by atoms with E-state index in [1.54, 1.807) is 6.07 Å². The number of benzene rings is 1. The van der Waals surface area contributed by atoms with Crippen LogP contribution in [-0.2, 0) is 0 Å². The topological polar surface area (TPSA) is 65.1 Å². The molecule has 2 rings (SSSR count). The highest BCUT2D eigenvalue weighted by molar-refractivity contribution is 5.93. The molecule has 1 aromatic carbocycles. The Hall–Kier alpha value is -2.30. The first kappa shape index (κ1) is 10.2. The predicted molar refractivity (Wildman–Crippen MR) is 57.4 cm³/mol. The van der Waals surface area contributed by atoms with Gasteiger partial charge in [-0.15, -0.1) is 0 Å². The first-order chi connectivity index (χ1) is 7.66. The summed E-state index contributed by atoms with van der Waals surface area (Å²) in [7, 11) is 0. The quantitative estimate of drug-likeness (QED) is 0.744. The molecule has 16 heavy (non-hydrogen) atoms. The molecule has 0 saturated carbocycles. The molecule has 0 atom stereocenters. The summed E-state index contributed by atoms with van der Waals surface area (Å²) in [6.45, 7) is 0. The van der Waals surface area contributed by atoms with Gasteiger partial charge in [0.25, 0.3) is 0 Å². The second kappa shape index (κ2) is 4.06. The molecular weight excluding hydrogens is 211 g/mol. The number of carboxylic acid groups (broad SMARTS) is 1. The Morgan fingerprint density at radius 3 is 2.56 bits per heavy atom. The van der Waals surface area contributed by atoms with Gasteiger partial charge in [0, 0.05) is 11.9 Å². The van der Waals surface area contributed by atoms with Crippen LogP contribution in [0.15, 0.2) is 36.5 Å². The van der Waals surface area contributed by atoms with Crippen molar-refractivity contribution in [1.82, 2.24) is 4.98 Å². The Balaban J connectivity index is 2.23. The van der Waals surface area contributed by atoms with Crippen LogP contribution < -0.4 is 5.32 Å². The average molecular weight is 220 g/mol. The summed E-state index contributed by atoms with van der Waals surface area (Å²) in [5.74, 6) is -1.38. The fourth-order valence-electron chi connectivity index (χ4n) is 1.34. The molecule has 0 spiro atoms.